The molecule has 0 saturated heterocycles. The molecule has 2 aromatic rings. The highest BCUT2D eigenvalue weighted by Crippen LogP contribution is 2.22. The highest BCUT2D eigenvalue weighted by atomic mass is 32.1. The molecular weight excluding hydrogens is 272 g/mol. The first kappa shape index (κ1) is 14.9. The Morgan fingerprint density at radius 2 is 2.15 bits per heavy atom. The van der Waals surface area contributed by atoms with Crippen molar-refractivity contribution < 1.29 is 0 Å². The van der Waals surface area contributed by atoms with E-state index in [-0.39, 0.29) is 6.04 Å². The SMILES string of the molecule is CCN(CC)c1ncc(CNC(C)c2nncn2C)s1. The smallest absolute Gasteiger partial charge is 0.185 e. The van der Waals surface area contributed by atoms with Crippen molar-refractivity contribution in [3.05, 3.63) is 23.2 Å². The molecule has 0 bridgehead atoms. The van der Waals surface area contributed by atoms with Gasteiger partial charge >= 0.3 is 0 Å². The minimum atomic E-state index is 0.168. The molecule has 0 radical (unpaired) electrons. The van der Waals surface area contributed by atoms with Gasteiger partial charge in [-0.2, -0.15) is 0 Å². The van der Waals surface area contributed by atoms with Gasteiger partial charge in [0.1, 0.15) is 12.2 Å². The molecule has 0 aromatic carbocycles. The molecule has 2 aromatic heterocycles. The molecule has 0 saturated carbocycles. The predicted molar refractivity (Wildman–Crippen MR) is 81.9 cm³/mol. The molecule has 0 fully saturated rings. The largest absolute Gasteiger partial charge is 0.349 e. The van der Waals surface area contributed by atoms with Gasteiger partial charge in [0.15, 0.2) is 5.13 Å². The van der Waals surface area contributed by atoms with E-state index < -0.39 is 0 Å². The van der Waals surface area contributed by atoms with E-state index in [1.165, 1.54) is 4.88 Å². The standard InChI is InChI=1S/C13H22N6S/c1-5-19(6-2)13-15-8-11(20-13)7-14-10(3)12-17-16-9-18(12)4/h8-10,14H,5-7H2,1-4H3. The monoisotopic (exact) mass is 294 g/mol. The van der Waals surface area contributed by atoms with Crippen LogP contribution in [0.2, 0.25) is 0 Å². The molecule has 1 unspecified atom stereocenters. The number of aryl methyl sites for hydroxylation is 1. The van der Waals surface area contributed by atoms with Gasteiger partial charge in [0.2, 0.25) is 0 Å². The van der Waals surface area contributed by atoms with E-state index in [9.17, 15) is 0 Å². The number of hydrogen-bond donors (Lipinski definition) is 1. The van der Waals surface area contributed by atoms with Gasteiger partial charge in [0, 0.05) is 37.8 Å². The maximum Gasteiger partial charge on any atom is 0.185 e. The quantitative estimate of drug-likeness (QED) is 0.846. The van der Waals surface area contributed by atoms with Crippen LogP contribution in [0.25, 0.3) is 0 Å². The van der Waals surface area contributed by atoms with E-state index in [2.05, 4.69) is 46.2 Å². The third-order valence-electron chi connectivity index (χ3n) is 3.29. The van der Waals surface area contributed by atoms with Crippen LogP contribution in [0.5, 0.6) is 0 Å². The minimum Gasteiger partial charge on any atom is -0.349 e. The molecule has 1 atom stereocenters. The molecule has 2 heterocycles. The van der Waals surface area contributed by atoms with Crippen LogP contribution in [-0.4, -0.2) is 32.8 Å². The third kappa shape index (κ3) is 3.34. The van der Waals surface area contributed by atoms with Crippen molar-refractivity contribution in [3.63, 3.8) is 0 Å². The number of rotatable bonds is 7. The lowest BCUT2D eigenvalue weighted by Gasteiger charge is -2.16. The number of nitrogens with one attached hydrogen (secondary N) is 1. The molecule has 2 rings (SSSR count). The van der Waals surface area contributed by atoms with Crippen LogP contribution < -0.4 is 10.2 Å². The molecule has 0 aliphatic heterocycles. The summed E-state index contributed by atoms with van der Waals surface area (Å²) >= 11 is 1.74. The number of nitrogens with zero attached hydrogens (tertiary/aromatic N) is 5. The maximum atomic E-state index is 4.49. The fraction of sp³-hybridized carbons (Fsp3) is 0.615. The molecule has 0 aliphatic rings. The maximum absolute atomic E-state index is 4.49. The second-order valence-corrected chi connectivity index (χ2v) is 5.78. The average molecular weight is 294 g/mol. The molecule has 7 heteroatoms. The summed E-state index contributed by atoms with van der Waals surface area (Å²) in [6.07, 6.45) is 3.67. The number of hydrogen-bond acceptors (Lipinski definition) is 6. The zero-order valence-corrected chi connectivity index (χ0v) is 13.3. The van der Waals surface area contributed by atoms with Gasteiger partial charge in [-0.15, -0.1) is 21.5 Å². The van der Waals surface area contributed by atoms with Crippen LogP contribution in [-0.2, 0) is 13.6 Å². The van der Waals surface area contributed by atoms with Crippen molar-refractivity contribution in [2.75, 3.05) is 18.0 Å². The molecule has 1 N–H and O–H groups in total. The predicted octanol–water partition coefficient (Wildman–Crippen LogP) is 1.97. The fourth-order valence-corrected chi connectivity index (χ4v) is 3.04. The molecule has 0 amide bonds. The van der Waals surface area contributed by atoms with Crippen molar-refractivity contribution in [3.8, 4) is 0 Å². The highest BCUT2D eigenvalue weighted by molar-refractivity contribution is 7.15. The Morgan fingerprint density at radius 3 is 2.75 bits per heavy atom. The summed E-state index contributed by atoms with van der Waals surface area (Å²) < 4.78 is 1.94. The van der Waals surface area contributed by atoms with Crippen LogP contribution in [0.4, 0.5) is 5.13 Å². The Balaban J connectivity index is 1.93. The van der Waals surface area contributed by atoms with Crippen molar-refractivity contribution in [1.29, 1.82) is 0 Å². The Morgan fingerprint density at radius 1 is 1.40 bits per heavy atom. The van der Waals surface area contributed by atoms with Crippen molar-refractivity contribution in [2.24, 2.45) is 7.05 Å². The van der Waals surface area contributed by atoms with Crippen LogP contribution in [0.1, 0.15) is 37.5 Å². The van der Waals surface area contributed by atoms with Gasteiger partial charge in [-0.05, 0) is 20.8 Å². The Bertz CT molecular complexity index is 530. The van der Waals surface area contributed by atoms with Gasteiger partial charge in [-0.1, -0.05) is 0 Å². The van der Waals surface area contributed by atoms with Gasteiger partial charge in [0.25, 0.3) is 0 Å². The first-order chi connectivity index (χ1) is 9.65. The van der Waals surface area contributed by atoms with Gasteiger partial charge < -0.3 is 14.8 Å². The van der Waals surface area contributed by atoms with Crippen LogP contribution in [0, 0.1) is 0 Å². The zero-order valence-electron chi connectivity index (χ0n) is 12.5. The van der Waals surface area contributed by atoms with Crippen LogP contribution in [0.3, 0.4) is 0 Å². The topological polar surface area (TPSA) is 58.9 Å². The van der Waals surface area contributed by atoms with Gasteiger partial charge in [-0.3, -0.25) is 0 Å². The van der Waals surface area contributed by atoms with Crippen LogP contribution in [0.15, 0.2) is 12.5 Å². The number of thiazole rings is 1. The summed E-state index contributed by atoms with van der Waals surface area (Å²) in [7, 11) is 1.96. The minimum absolute atomic E-state index is 0.168. The van der Waals surface area contributed by atoms with E-state index in [0.717, 1.165) is 30.6 Å². The summed E-state index contributed by atoms with van der Waals surface area (Å²) in [6.45, 7) is 9.18. The molecule has 20 heavy (non-hydrogen) atoms. The molecular formula is C13H22N6S. The Kier molecular flexibility index (Phi) is 5.08. The lowest BCUT2D eigenvalue weighted by atomic mass is 10.3. The second-order valence-electron chi connectivity index (χ2n) is 4.68. The number of aromatic nitrogens is 4. The van der Waals surface area contributed by atoms with Crippen molar-refractivity contribution in [2.45, 2.75) is 33.4 Å². The fourth-order valence-electron chi connectivity index (χ4n) is 2.05. The van der Waals surface area contributed by atoms with E-state index in [4.69, 9.17) is 0 Å². The summed E-state index contributed by atoms with van der Waals surface area (Å²) in [6, 6.07) is 0.168. The summed E-state index contributed by atoms with van der Waals surface area (Å²) in [5.41, 5.74) is 0. The third-order valence-corrected chi connectivity index (χ3v) is 4.35. The first-order valence-corrected chi connectivity index (χ1v) is 7.74. The van der Waals surface area contributed by atoms with Gasteiger partial charge in [0.05, 0.1) is 6.04 Å². The lowest BCUT2D eigenvalue weighted by molar-refractivity contribution is 0.531. The molecule has 0 spiro atoms. The molecule has 0 aliphatic carbocycles. The first-order valence-electron chi connectivity index (χ1n) is 6.92. The van der Waals surface area contributed by atoms with Crippen molar-refractivity contribution in [1.82, 2.24) is 25.1 Å². The number of anilines is 1. The van der Waals surface area contributed by atoms with E-state index >= 15 is 0 Å². The van der Waals surface area contributed by atoms with E-state index in [1.807, 2.05) is 17.8 Å². The Labute approximate surface area is 123 Å². The summed E-state index contributed by atoms with van der Waals surface area (Å²) in [5, 5.41) is 12.6. The molecule has 6 nitrogen and oxygen atoms in total. The summed E-state index contributed by atoms with van der Waals surface area (Å²) in [5.74, 6) is 0.943. The zero-order chi connectivity index (χ0) is 14.5. The molecule has 110 valence electrons. The van der Waals surface area contributed by atoms with Crippen LogP contribution >= 0.6 is 11.3 Å². The summed E-state index contributed by atoms with van der Waals surface area (Å²) in [4.78, 5) is 7.99. The van der Waals surface area contributed by atoms with Crippen molar-refractivity contribution >= 4 is 16.5 Å². The average Bonchev–Trinajstić information content (AvgIpc) is 3.07. The van der Waals surface area contributed by atoms with E-state index in [0.29, 0.717) is 0 Å². The lowest BCUT2D eigenvalue weighted by Crippen LogP contribution is -2.21. The van der Waals surface area contributed by atoms with E-state index in [1.54, 1.807) is 17.7 Å². The highest BCUT2D eigenvalue weighted by Gasteiger charge is 2.12. The van der Waals surface area contributed by atoms with Gasteiger partial charge in [-0.25, -0.2) is 4.98 Å². The second kappa shape index (κ2) is 6.81. The normalized spacial score (nSPS) is 12.6. The Hall–Kier alpha value is -1.47.